The summed E-state index contributed by atoms with van der Waals surface area (Å²) in [6.07, 6.45) is 1.56. The van der Waals surface area contributed by atoms with Gasteiger partial charge in [-0.05, 0) is 18.6 Å². The number of fused-ring (bicyclic) bond motifs is 1. The van der Waals surface area contributed by atoms with Crippen molar-refractivity contribution in [2.24, 2.45) is 0 Å². The van der Waals surface area contributed by atoms with Gasteiger partial charge in [-0.3, -0.25) is 4.79 Å². The summed E-state index contributed by atoms with van der Waals surface area (Å²) in [6, 6.07) is 5.68. The molecule has 1 N–H and O–H groups in total. The molecule has 0 aliphatic carbocycles. The van der Waals surface area contributed by atoms with Crippen LogP contribution in [0.5, 0.6) is 0 Å². The maximum atomic E-state index is 11.8. The van der Waals surface area contributed by atoms with E-state index in [9.17, 15) is 4.79 Å². The average molecular weight is 277 g/mol. The molecule has 0 radical (unpaired) electrons. The lowest BCUT2D eigenvalue weighted by atomic mass is 10.1. The number of hydrogen-bond donors (Lipinski definition) is 1. The Morgan fingerprint density at radius 1 is 1.31 bits per heavy atom. The molecular formula is C11H8Cl3NO. The van der Waals surface area contributed by atoms with Crippen LogP contribution in [0.2, 0.25) is 0 Å². The highest BCUT2D eigenvalue weighted by atomic mass is 35.6. The van der Waals surface area contributed by atoms with Crippen LogP contribution in [0.1, 0.15) is 15.9 Å². The largest absolute Gasteiger partial charge is 0.360 e. The molecule has 0 fully saturated rings. The van der Waals surface area contributed by atoms with E-state index in [1.54, 1.807) is 6.20 Å². The minimum Gasteiger partial charge on any atom is -0.360 e. The van der Waals surface area contributed by atoms with Crippen LogP contribution in [0.15, 0.2) is 24.4 Å². The Hall–Kier alpha value is -0.700. The number of aromatic amines is 1. The highest BCUT2D eigenvalue weighted by molar-refractivity contribution is 6.77. The second kappa shape index (κ2) is 3.95. The van der Waals surface area contributed by atoms with E-state index in [4.69, 9.17) is 34.8 Å². The summed E-state index contributed by atoms with van der Waals surface area (Å²) in [5, 5.41) is 0.766. The number of halogens is 3. The predicted octanol–water partition coefficient (Wildman–Crippen LogP) is 4.03. The standard InChI is InChI=1S/C11H8Cl3NO/c1-6-2-3-7-8(5-15-9(7)4-6)10(16)11(12,13)14/h2-5,15H,1H3. The van der Waals surface area contributed by atoms with E-state index in [0.29, 0.717) is 5.56 Å². The lowest BCUT2D eigenvalue weighted by Gasteiger charge is -2.07. The highest BCUT2D eigenvalue weighted by Gasteiger charge is 2.33. The van der Waals surface area contributed by atoms with E-state index in [-0.39, 0.29) is 0 Å². The molecule has 16 heavy (non-hydrogen) atoms. The first-order valence-electron chi connectivity index (χ1n) is 4.59. The van der Waals surface area contributed by atoms with Crippen LogP contribution in [-0.2, 0) is 0 Å². The third kappa shape index (κ3) is 2.05. The third-order valence-electron chi connectivity index (χ3n) is 2.34. The van der Waals surface area contributed by atoms with Crippen LogP contribution in [0.25, 0.3) is 10.9 Å². The summed E-state index contributed by atoms with van der Waals surface area (Å²) >= 11 is 16.7. The van der Waals surface area contributed by atoms with Gasteiger partial charge in [0.05, 0.1) is 0 Å². The van der Waals surface area contributed by atoms with Gasteiger partial charge in [0.1, 0.15) is 0 Å². The Labute approximate surface area is 107 Å². The molecule has 0 amide bonds. The van der Waals surface area contributed by atoms with Crippen molar-refractivity contribution in [1.82, 2.24) is 4.98 Å². The van der Waals surface area contributed by atoms with Crippen LogP contribution in [0.3, 0.4) is 0 Å². The van der Waals surface area contributed by atoms with Crippen LogP contribution in [-0.4, -0.2) is 14.6 Å². The van der Waals surface area contributed by atoms with Gasteiger partial charge in [0.25, 0.3) is 3.79 Å². The number of hydrogen-bond acceptors (Lipinski definition) is 1. The minimum atomic E-state index is -1.92. The van der Waals surface area contributed by atoms with Crippen molar-refractivity contribution >= 4 is 51.5 Å². The molecule has 0 saturated heterocycles. The first kappa shape index (κ1) is 11.8. The summed E-state index contributed by atoms with van der Waals surface area (Å²) in [5.74, 6) is -0.521. The normalized spacial score (nSPS) is 12.0. The van der Waals surface area contributed by atoms with Crippen LogP contribution in [0.4, 0.5) is 0 Å². The smallest absolute Gasteiger partial charge is 0.253 e. The van der Waals surface area contributed by atoms with Crippen molar-refractivity contribution in [3.05, 3.63) is 35.5 Å². The SMILES string of the molecule is Cc1ccc2c(C(=O)C(Cl)(Cl)Cl)c[nH]c2c1. The zero-order chi connectivity index (χ0) is 11.9. The van der Waals surface area contributed by atoms with Gasteiger partial charge in [0.15, 0.2) is 0 Å². The van der Waals surface area contributed by atoms with E-state index >= 15 is 0 Å². The molecule has 0 aliphatic heterocycles. The van der Waals surface area contributed by atoms with Crippen molar-refractivity contribution in [2.45, 2.75) is 10.7 Å². The molecule has 1 aromatic heterocycles. The number of alkyl halides is 3. The van der Waals surface area contributed by atoms with E-state index < -0.39 is 9.58 Å². The van der Waals surface area contributed by atoms with Gasteiger partial charge in [-0.1, -0.05) is 46.9 Å². The maximum absolute atomic E-state index is 11.8. The molecule has 2 nitrogen and oxygen atoms in total. The van der Waals surface area contributed by atoms with E-state index in [1.165, 1.54) is 0 Å². The summed E-state index contributed by atoms with van der Waals surface area (Å²) in [6.45, 7) is 1.97. The number of aryl methyl sites for hydroxylation is 1. The second-order valence-corrected chi connectivity index (χ2v) is 5.86. The molecular weight excluding hydrogens is 268 g/mol. The first-order chi connectivity index (χ1) is 7.39. The topological polar surface area (TPSA) is 32.9 Å². The molecule has 1 aromatic carbocycles. The van der Waals surface area contributed by atoms with Crippen LogP contribution >= 0.6 is 34.8 Å². The number of benzene rings is 1. The molecule has 84 valence electrons. The van der Waals surface area contributed by atoms with E-state index in [1.807, 2.05) is 25.1 Å². The molecule has 0 bridgehead atoms. The number of nitrogens with one attached hydrogen (secondary N) is 1. The summed E-state index contributed by atoms with van der Waals surface area (Å²) in [7, 11) is 0. The third-order valence-corrected chi connectivity index (χ3v) is 2.85. The zero-order valence-corrected chi connectivity index (χ0v) is 10.6. The number of rotatable bonds is 1. The Morgan fingerprint density at radius 2 is 2.00 bits per heavy atom. The fourth-order valence-electron chi connectivity index (χ4n) is 1.58. The molecule has 0 aliphatic rings. The quantitative estimate of drug-likeness (QED) is 0.619. The number of ketones is 1. The molecule has 5 heteroatoms. The summed E-state index contributed by atoms with van der Waals surface area (Å²) < 4.78 is -1.92. The molecule has 0 atom stereocenters. The summed E-state index contributed by atoms with van der Waals surface area (Å²) in [5.41, 5.74) is 2.36. The van der Waals surface area contributed by atoms with Gasteiger partial charge >= 0.3 is 0 Å². The van der Waals surface area contributed by atoms with Crippen LogP contribution < -0.4 is 0 Å². The van der Waals surface area contributed by atoms with Crippen molar-refractivity contribution in [3.8, 4) is 0 Å². The first-order valence-corrected chi connectivity index (χ1v) is 5.72. The van der Waals surface area contributed by atoms with Crippen molar-refractivity contribution in [2.75, 3.05) is 0 Å². The molecule has 1 heterocycles. The average Bonchev–Trinajstić information content (AvgIpc) is 2.57. The fourth-order valence-corrected chi connectivity index (χ4v) is 1.89. The van der Waals surface area contributed by atoms with Gasteiger partial charge in [-0.2, -0.15) is 0 Å². The Bertz CT molecular complexity index is 554. The predicted molar refractivity (Wildman–Crippen MR) is 67.7 cm³/mol. The van der Waals surface area contributed by atoms with E-state index in [0.717, 1.165) is 16.5 Å². The number of Topliss-reactive ketones (excluding diaryl/α,β-unsaturated/α-hetero) is 1. The number of carbonyl (C=O) groups is 1. The van der Waals surface area contributed by atoms with Gasteiger partial charge in [-0.15, -0.1) is 0 Å². The van der Waals surface area contributed by atoms with Gasteiger partial charge in [-0.25, -0.2) is 0 Å². The molecule has 0 saturated carbocycles. The zero-order valence-electron chi connectivity index (χ0n) is 8.35. The van der Waals surface area contributed by atoms with Crippen molar-refractivity contribution in [1.29, 1.82) is 0 Å². The fraction of sp³-hybridized carbons (Fsp3) is 0.182. The monoisotopic (exact) mass is 275 g/mol. The Balaban J connectivity index is 2.59. The van der Waals surface area contributed by atoms with Crippen molar-refractivity contribution < 1.29 is 4.79 Å². The van der Waals surface area contributed by atoms with Crippen molar-refractivity contribution in [3.63, 3.8) is 0 Å². The lowest BCUT2D eigenvalue weighted by molar-refractivity contribution is 0.0998. The molecule has 2 rings (SSSR count). The number of H-pyrrole nitrogens is 1. The number of carbonyl (C=O) groups excluding carboxylic acids is 1. The minimum absolute atomic E-state index is 0.398. The van der Waals surface area contributed by atoms with Gasteiger partial charge < -0.3 is 4.98 Å². The van der Waals surface area contributed by atoms with Gasteiger partial charge in [0.2, 0.25) is 5.78 Å². The van der Waals surface area contributed by atoms with Gasteiger partial charge in [0, 0.05) is 22.7 Å². The number of aromatic nitrogens is 1. The summed E-state index contributed by atoms with van der Waals surface area (Å²) in [4.78, 5) is 14.8. The van der Waals surface area contributed by atoms with Crippen LogP contribution in [0, 0.1) is 6.92 Å². The molecule has 2 aromatic rings. The second-order valence-electron chi connectivity index (χ2n) is 3.58. The van der Waals surface area contributed by atoms with E-state index in [2.05, 4.69) is 4.98 Å². The highest BCUT2D eigenvalue weighted by Crippen LogP contribution is 2.33. The Morgan fingerprint density at radius 3 is 2.62 bits per heavy atom. The maximum Gasteiger partial charge on any atom is 0.253 e. The molecule has 0 unspecified atom stereocenters. The molecule has 0 spiro atoms. The lowest BCUT2D eigenvalue weighted by Crippen LogP contribution is -2.18. The Kier molecular flexibility index (Phi) is 2.91.